The van der Waals surface area contributed by atoms with Crippen LogP contribution in [0.1, 0.15) is 6.92 Å². The quantitative estimate of drug-likeness (QED) is 0.851. The molecule has 0 spiro atoms. The second-order valence-electron chi connectivity index (χ2n) is 3.79. The molecule has 1 aromatic carbocycles. The van der Waals surface area contributed by atoms with Crippen molar-refractivity contribution in [2.45, 2.75) is 20.9 Å². The van der Waals surface area contributed by atoms with Crippen molar-refractivity contribution in [2.24, 2.45) is 0 Å². The summed E-state index contributed by atoms with van der Waals surface area (Å²) in [4.78, 5) is 12.0. The summed E-state index contributed by atoms with van der Waals surface area (Å²) in [7, 11) is 0. The van der Waals surface area contributed by atoms with Crippen molar-refractivity contribution in [3.63, 3.8) is 0 Å². The van der Waals surface area contributed by atoms with Crippen LogP contribution < -0.4 is 5.32 Å². The third-order valence-electron chi connectivity index (χ3n) is 2.32. The molecule has 1 amide bonds. The molecular formula is C12H12FN3OS3. The lowest BCUT2D eigenvalue weighted by molar-refractivity contribution is -0.115. The Bertz CT molecular complexity index is 588. The van der Waals surface area contributed by atoms with Crippen LogP contribution in [0, 0.1) is 5.82 Å². The number of hydrogen-bond acceptors (Lipinski definition) is 6. The lowest BCUT2D eigenvalue weighted by atomic mass is 10.3. The molecule has 0 aliphatic rings. The van der Waals surface area contributed by atoms with Crippen molar-refractivity contribution in [1.82, 2.24) is 10.2 Å². The minimum absolute atomic E-state index is 0.150. The largest absolute Gasteiger partial charge is 0.325 e. The van der Waals surface area contributed by atoms with Crippen LogP contribution in [0.2, 0.25) is 0 Å². The summed E-state index contributed by atoms with van der Waals surface area (Å²) >= 11 is 4.34. The number of anilines is 1. The fourth-order valence-corrected chi connectivity index (χ4v) is 3.89. The number of benzene rings is 1. The van der Waals surface area contributed by atoms with Gasteiger partial charge in [-0.3, -0.25) is 4.79 Å². The van der Waals surface area contributed by atoms with Gasteiger partial charge in [-0.25, -0.2) is 4.39 Å². The Balaban J connectivity index is 1.93. The number of amides is 1. The summed E-state index contributed by atoms with van der Waals surface area (Å²) in [6.07, 6.45) is 1.93. The Kier molecular flexibility index (Phi) is 5.38. The number of rotatable bonds is 5. The summed E-state index contributed by atoms with van der Waals surface area (Å²) in [5.74, 6) is -0.480. The fourth-order valence-electron chi connectivity index (χ4n) is 1.31. The highest BCUT2D eigenvalue weighted by atomic mass is 32.2. The van der Waals surface area contributed by atoms with Gasteiger partial charge in [-0.05, 0) is 37.4 Å². The zero-order valence-corrected chi connectivity index (χ0v) is 13.2. The Labute approximate surface area is 128 Å². The molecule has 106 valence electrons. The number of thioether (sulfide) groups is 2. The molecule has 8 heteroatoms. The smallest absolute Gasteiger partial charge is 0.237 e. The standard InChI is InChI=1S/C12H12FN3OS3/c1-7(19-12-16-15-11(18-2)20-12)10(17)14-9-5-3-8(13)4-6-9/h3-7H,1-2H3,(H,14,17)/t7-/m0/s1. The van der Waals surface area contributed by atoms with Gasteiger partial charge in [-0.1, -0.05) is 34.9 Å². The maximum absolute atomic E-state index is 12.8. The van der Waals surface area contributed by atoms with Crippen molar-refractivity contribution in [2.75, 3.05) is 11.6 Å². The Hall–Kier alpha value is -1.12. The van der Waals surface area contributed by atoms with Gasteiger partial charge >= 0.3 is 0 Å². The molecule has 0 aliphatic heterocycles. The van der Waals surface area contributed by atoms with Crippen LogP contribution in [0.25, 0.3) is 0 Å². The third kappa shape index (κ3) is 4.19. The first kappa shape index (κ1) is 15.3. The van der Waals surface area contributed by atoms with E-state index in [0.717, 1.165) is 8.68 Å². The molecule has 0 saturated carbocycles. The van der Waals surface area contributed by atoms with Crippen LogP contribution in [0.4, 0.5) is 10.1 Å². The topological polar surface area (TPSA) is 54.9 Å². The van der Waals surface area contributed by atoms with E-state index in [4.69, 9.17) is 0 Å². The number of halogens is 1. The average Bonchev–Trinajstić information content (AvgIpc) is 2.89. The predicted octanol–water partition coefficient (Wildman–Crippen LogP) is 3.52. The van der Waals surface area contributed by atoms with E-state index in [1.165, 1.54) is 59.1 Å². The van der Waals surface area contributed by atoms with Crippen molar-refractivity contribution >= 4 is 46.5 Å². The molecule has 0 bridgehead atoms. The third-order valence-corrected chi connectivity index (χ3v) is 5.40. The molecule has 1 heterocycles. The van der Waals surface area contributed by atoms with E-state index >= 15 is 0 Å². The number of nitrogens with zero attached hydrogens (tertiary/aromatic N) is 2. The zero-order chi connectivity index (χ0) is 14.5. The predicted molar refractivity (Wildman–Crippen MR) is 82.0 cm³/mol. The number of aromatic nitrogens is 2. The normalized spacial score (nSPS) is 12.2. The first-order valence-corrected chi connectivity index (χ1v) is 8.61. The molecule has 0 saturated heterocycles. The molecular weight excluding hydrogens is 317 g/mol. The van der Waals surface area contributed by atoms with Crippen LogP contribution >= 0.6 is 34.9 Å². The molecule has 0 aliphatic carbocycles. The molecule has 0 radical (unpaired) electrons. The van der Waals surface area contributed by atoms with E-state index in [2.05, 4.69) is 15.5 Å². The number of nitrogens with one attached hydrogen (secondary N) is 1. The molecule has 1 atom stereocenters. The maximum atomic E-state index is 12.8. The highest BCUT2D eigenvalue weighted by Gasteiger charge is 2.17. The highest BCUT2D eigenvalue weighted by molar-refractivity contribution is 8.03. The molecule has 20 heavy (non-hydrogen) atoms. The van der Waals surface area contributed by atoms with Crippen LogP contribution in [0.5, 0.6) is 0 Å². The summed E-state index contributed by atoms with van der Waals surface area (Å²) in [5, 5.41) is 10.4. The van der Waals surface area contributed by atoms with Crippen LogP contribution in [-0.4, -0.2) is 27.6 Å². The highest BCUT2D eigenvalue weighted by Crippen LogP contribution is 2.30. The molecule has 1 N–H and O–H groups in total. The molecule has 2 rings (SSSR count). The van der Waals surface area contributed by atoms with Crippen molar-refractivity contribution < 1.29 is 9.18 Å². The van der Waals surface area contributed by atoms with Gasteiger partial charge < -0.3 is 5.32 Å². The number of carbonyl (C=O) groups excluding carboxylic acids is 1. The van der Waals surface area contributed by atoms with Gasteiger partial charge in [0.25, 0.3) is 0 Å². The van der Waals surface area contributed by atoms with Gasteiger partial charge in [-0.2, -0.15) is 0 Å². The summed E-state index contributed by atoms with van der Waals surface area (Å²) in [5.41, 5.74) is 0.575. The Morgan fingerprint density at radius 2 is 1.95 bits per heavy atom. The van der Waals surface area contributed by atoms with Gasteiger partial charge in [-0.15, -0.1) is 10.2 Å². The molecule has 0 fully saturated rings. The molecule has 0 unspecified atom stereocenters. The second kappa shape index (κ2) is 7.05. The van der Waals surface area contributed by atoms with Gasteiger partial charge in [0, 0.05) is 5.69 Å². The van der Waals surface area contributed by atoms with Crippen molar-refractivity contribution in [1.29, 1.82) is 0 Å². The lowest BCUT2D eigenvalue weighted by Crippen LogP contribution is -2.22. The van der Waals surface area contributed by atoms with Crippen LogP contribution in [0.3, 0.4) is 0 Å². The average molecular weight is 329 g/mol. The van der Waals surface area contributed by atoms with Crippen LogP contribution in [0.15, 0.2) is 32.9 Å². The lowest BCUT2D eigenvalue weighted by Gasteiger charge is -2.10. The SMILES string of the molecule is CSc1nnc(S[C@@H](C)C(=O)Nc2ccc(F)cc2)s1. The van der Waals surface area contributed by atoms with E-state index in [1.807, 2.05) is 6.26 Å². The van der Waals surface area contributed by atoms with Gasteiger partial charge in [0.1, 0.15) is 5.82 Å². The Morgan fingerprint density at radius 1 is 1.30 bits per heavy atom. The minimum Gasteiger partial charge on any atom is -0.325 e. The fraction of sp³-hybridized carbons (Fsp3) is 0.250. The van der Waals surface area contributed by atoms with Crippen molar-refractivity contribution in [3.05, 3.63) is 30.1 Å². The van der Waals surface area contributed by atoms with Crippen LogP contribution in [-0.2, 0) is 4.79 Å². The first-order chi connectivity index (χ1) is 9.58. The zero-order valence-electron chi connectivity index (χ0n) is 10.8. The van der Waals surface area contributed by atoms with Gasteiger partial charge in [0.15, 0.2) is 8.68 Å². The van der Waals surface area contributed by atoms with E-state index in [0.29, 0.717) is 5.69 Å². The summed E-state index contributed by atoms with van der Waals surface area (Å²) in [6, 6.07) is 5.68. The maximum Gasteiger partial charge on any atom is 0.237 e. The Morgan fingerprint density at radius 3 is 2.55 bits per heavy atom. The van der Waals surface area contributed by atoms with E-state index in [1.54, 1.807) is 6.92 Å². The first-order valence-electron chi connectivity index (χ1n) is 5.69. The molecule has 1 aromatic heterocycles. The molecule has 2 aromatic rings. The monoisotopic (exact) mass is 329 g/mol. The van der Waals surface area contributed by atoms with Crippen molar-refractivity contribution in [3.8, 4) is 0 Å². The molecule has 4 nitrogen and oxygen atoms in total. The van der Waals surface area contributed by atoms with E-state index in [-0.39, 0.29) is 17.0 Å². The van der Waals surface area contributed by atoms with E-state index < -0.39 is 0 Å². The summed E-state index contributed by atoms with van der Waals surface area (Å²) in [6.45, 7) is 1.80. The summed E-state index contributed by atoms with van der Waals surface area (Å²) < 4.78 is 14.4. The number of hydrogen-bond donors (Lipinski definition) is 1. The second-order valence-corrected chi connectivity index (χ2v) is 7.41. The van der Waals surface area contributed by atoms with E-state index in [9.17, 15) is 9.18 Å². The van der Waals surface area contributed by atoms with Gasteiger partial charge in [0.05, 0.1) is 5.25 Å². The number of carbonyl (C=O) groups is 1. The minimum atomic E-state index is -0.330. The van der Waals surface area contributed by atoms with Gasteiger partial charge in [0.2, 0.25) is 5.91 Å².